The van der Waals surface area contributed by atoms with E-state index in [9.17, 15) is 9.59 Å². The highest BCUT2D eigenvalue weighted by Crippen LogP contribution is 2.37. The molecular formula is C26H25N5O5. The quantitative estimate of drug-likeness (QED) is 0.353. The second kappa shape index (κ2) is 10.3. The molecule has 36 heavy (non-hydrogen) atoms. The van der Waals surface area contributed by atoms with Crippen molar-refractivity contribution in [1.82, 2.24) is 15.0 Å². The molecule has 0 saturated carbocycles. The number of nitrogens with zero attached hydrogens (tertiary/aromatic N) is 3. The van der Waals surface area contributed by atoms with Crippen LogP contribution in [0.4, 0.5) is 11.4 Å². The molecule has 0 aliphatic carbocycles. The van der Waals surface area contributed by atoms with Crippen molar-refractivity contribution in [1.29, 1.82) is 0 Å². The van der Waals surface area contributed by atoms with Gasteiger partial charge >= 0.3 is 12.0 Å². The summed E-state index contributed by atoms with van der Waals surface area (Å²) in [5, 5.41) is 3.91. The maximum atomic E-state index is 12.3. The summed E-state index contributed by atoms with van der Waals surface area (Å²) in [6.07, 6.45) is 3.04. The van der Waals surface area contributed by atoms with Gasteiger partial charge in [-0.05, 0) is 55.3 Å². The Labute approximate surface area is 207 Å². The largest absolute Gasteiger partial charge is 0.480 e. The van der Waals surface area contributed by atoms with Crippen molar-refractivity contribution in [2.24, 2.45) is 5.73 Å². The number of primary amides is 1. The van der Waals surface area contributed by atoms with E-state index in [2.05, 4.69) is 20.3 Å². The molecule has 184 valence electrons. The SMILES string of the molecule is CCOC(=O)c1cccc(Nc2c(C(N)=O)cnc3cc(-c4cnc(OC)nc4OC)c(C)cc23)c1. The molecule has 10 heteroatoms. The highest BCUT2D eigenvalue weighted by Gasteiger charge is 2.19. The average molecular weight is 488 g/mol. The molecule has 0 fully saturated rings. The van der Waals surface area contributed by atoms with Gasteiger partial charge < -0.3 is 25.3 Å². The number of pyridine rings is 1. The molecule has 3 N–H and O–H groups in total. The van der Waals surface area contributed by atoms with Crippen molar-refractivity contribution in [3.8, 4) is 23.0 Å². The normalized spacial score (nSPS) is 10.7. The van der Waals surface area contributed by atoms with Crippen LogP contribution in [0.15, 0.2) is 48.8 Å². The molecule has 4 aromatic rings. The molecule has 0 spiro atoms. The lowest BCUT2D eigenvalue weighted by atomic mass is 9.98. The number of ether oxygens (including phenoxy) is 3. The number of hydrogen-bond acceptors (Lipinski definition) is 9. The van der Waals surface area contributed by atoms with Crippen LogP contribution in [0.5, 0.6) is 11.9 Å². The Hall–Kier alpha value is -4.73. The number of aromatic nitrogens is 3. The number of aryl methyl sites for hydroxylation is 1. The van der Waals surface area contributed by atoms with Crippen molar-refractivity contribution >= 4 is 34.2 Å². The van der Waals surface area contributed by atoms with Gasteiger partial charge in [0.2, 0.25) is 5.88 Å². The number of methoxy groups -OCH3 is 2. The van der Waals surface area contributed by atoms with Crippen LogP contribution in [0.2, 0.25) is 0 Å². The van der Waals surface area contributed by atoms with E-state index in [1.165, 1.54) is 20.4 Å². The summed E-state index contributed by atoms with van der Waals surface area (Å²) in [4.78, 5) is 37.4. The lowest BCUT2D eigenvalue weighted by Crippen LogP contribution is -2.14. The van der Waals surface area contributed by atoms with Crippen LogP contribution in [0.25, 0.3) is 22.0 Å². The number of nitrogens with one attached hydrogen (secondary N) is 1. The fraction of sp³-hybridized carbons (Fsp3) is 0.192. The predicted octanol–water partition coefficient (Wildman–Crippen LogP) is 4.04. The van der Waals surface area contributed by atoms with Crippen molar-refractivity contribution < 1.29 is 23.8 Å². The smallest absolute Gasteiger partial charge is 0.338 e. The Balaban J connectivity index is 1.85. The fourth-order valence-corrected chi connectivity index (χ4v) is 3.83. The Bertz CT molecular complexity index is 1470. The fourth-order valence-electron chi connectivity index (χ4n) is 3.83. The van der Waals surface area contributed by atoms with Gasteiger partial charge in [-0.1, -0.05) is 6.07 Å². The zero-order valence-corrected chi connectivity index (χ0v) is 20.3. The number of anilines is 2. The highest BCUT2D eigenvalue weighted by molar-refractivity contribution is 6.08. The summed E-state index contributed by atoms with van der Waals surface area (Å²) in [6, 6.07) is 10.8. The second-order valence-corrected chi connectivity index (χ2v) is 7.80. The van der Waals surface area contributed by atoms with Crippen molar-refractivity contribution in [3.63, 3.8) is 0 Å². The molecule has 0 saturated heterocycles. The minimum Gasteiger partial charge on any atom is -0.480 e. The van der Waals surface area contributed by atoms with Crippen molar-refractivity contribution in [2.75, 3.05) is 26.1 Å². The third-order valence-corrected chi connectivity index (χ3v) is 5.52. The first-order chi connectivity index (χ1) is 17.4. The van der Waals surface area contributed by atoms with Gasteiger partial charge in [-0.25, -0.2) is 9.78 Å². The first-order valence-electron chi connectivity index (χ1n) is 11.1. The third-order valence-electron chi connectivity index (χ3n) is 5.52. The monoisotopic (exact) mass is 487 g/mol. The first-order valence-corrected chi connectivity index (χ1v) is 11.1. The Morgan fingerprint density at radius 3 is 2.53 bits per heavy atom. The minimum absolute atomic E-state index is 0.190. The van der Waals surface area contributed by atoms with Crippen LogP contribution >= 0.6 is 0 Å². The second-order valence-electron chi connectivity index (χ2n) is 7.80. The maximum absolute atomic E-state index is 12.3. The van der Waals surface area contributed by atoms with E-state index >= 15 is 0 Å². The molecule has 0 bridgehead atoms. The standard InChI is InChI=1S/C26H25N5O5/c1-5-36-25(33)15-7-6-8-16(10-15)30-22-18-9-14(2)17(11-21(18)28-13-20(22)23(27)32)19-12-29-26(35-4)31-24(19)34-3/h6-13H,5H2,1-4H3,(H2,27,32)(H,28,30). The lowest BCUT2D eigenvalue weighted by molar-refractivity contribution is 0.0526. The maximum Gasteiger partial charge on any atom is 0.338 e. The van der Waals surface area contributed by atoms with E-state index < -0.39 is 11.9 Å². The Morgan fingerprint density at radius 1 is 1.03 bits per heavy atom. The number of carbonyl (C=O) groups excluding carboxylic acids is 2. The molecule has 2 aromatic heterocycles. The van der Waals surface area contributed by atoms with E-state index in [0.29, 0.717) is 39.3 Å². The number of hydrogen-bond donors (Lipinski definition) is 2. The van der Waals surface area contributed by atoms with Gasteiger partial charge in [-0.2, -0.15) is 4.98 Å². The van der Waals surface area contributed by atoms with E-state index in [1.807, 2.05) is 19.1 Å². The van der Waals surface area contributed by atoms with Crippen molar-refractivity contribution in [2.45, 2.75) is 13.8 Å². The third kappa shape index (κ3) is 4.74. The Morgan fingerprint density at radius 2 is 1.83 bits per heavy atom. The van der Waals surface area contributed by atoms with Gasteiger partial charge in [0, 0.05) is 23.5 Å². The number of fused-ring (bicyclic) bond motifs is 1. The molecule has 0 radical (unpaired) electrons. The molecule has 0 atom stereocenters. The van der Waals surface area contributed by atoms with Crippen LogP contribution < -0.4 is 20.5 Å². The number of rotatable bonds is 8. The Kier molecular flexibility index (Phi) is 6.95. The van der Waals surface area contributed by atoms with Gasteiger partial charge in [0.15, 0.2) is 0 Å². The number of carbonyl (C=O) groups is 2. The molecular weight excluding hydrogens is 462 g/mol. The highest BCUT2D eigenvalue weighted by atomic mass is 16.5. The first kappa shape index (κ1) is 24.4. The summed E-state index contributed by atoms with van der Waals surface area (Å²) < 4.78 is 15.6. The molecule has 4 rings (SSSR count). The minimum atomic E-state index is -0.639. The van der Waals surface area contributed by atoms with Crippen molar-refractivity contribution in [3.05, 3.63) is 65.5 Å². The van der Waals surface area contributed by atoms with Gasteiger partial charge in [-0.15, -0.1) is 0 Å². The van der Waals surface area contributed by atoms with Crippen LogP contribution in [0.3, 0.4) is 0 Å². The van der Waals surface area contributed by atoms with Crippen LogP contribution in [-0.2, 0) is 4.74 Å². The topological polar surface area (TPSA) is 139 Å². The van der Waals surface area contributed by atoms with Gasteiger partial charge in [0.25, 0.3) is 5.91 Å². The summed E-state index contributed by atoms with van der Waals surface area (Å²) in [7, 11) is 3.00. The van der Waals surface area contributed by atoms with E-state index in [-0.39, 0.29) is 18.2 Å². The van der Waals surface area contributed by atoms with Gasteiger partial charge in [0.05, 0.1) is 48.7 Å². The molecule has 2 aromatic carbocycles. The summed E-state index contributed by atoms with van der Waals surface area (Å²) in [5.74, 6) is -0.723. The molecule has 0 unspecified atom stereocenters. The molecule has 2 heterocycles. The van der Waals surface area contributed by atoms with E-state index in [0.717, 1.165) is 11.1 Å². The lowest BCUT2D eigenvalue weighted by Gasteiger charge is -2.16. The van der Waals surface area contributed by atoms with Gasteiger partial charge in [-0.3, -0.25) is 9.78 Å². The number of amides is 1. The van der Waals surface area contributed by atoms with Crippen LogP contribution in [0, 0.1) is 6.92 Å². The summed E-state index contributed by atoms with van der Waals surface area (Å²) in [5.41, 5.74) is 10.2. The molecule has 10 nitrogen and oxygen atoms in total. The molecule has 1 amide bonds. The van der Waals surface area contributed by atoms with Crippen LogP contribution in [-0.4, -0.2) is 47.7 Å². The molecule has 0 aliphatic heterocycles. The number of nitrogens with two attached hydrogens (primary N) is 1. The predicted molar refractivity (Wildman–Crippen MR) is 135 cm³/mol. The number of benzene rings is 2. The number of esters is 1. The van der Waals surface area contributed by atoms with Crippen LogP contribution in [0.1, 0.15) is 33.2 Å². The average Bonchev–Trinajstić information content (AvgIpc) is 2.88. The molecule has 0 aliphatic rings. The summed E-state index contributed by atoms with van der Waals surface area (Å²) in [6.45, 7) is 3.93. The summed E-state index contributed by atoms with van der Waals surface area (Å²) >= 11 is 0. The zero-order chi connectivity index (χ0) is 25.8. The van der Waals surface area contributed by atoms with E-state index in [4.69, 9.17) is 19.9 Å². The van der Waals surface area contributed by atoms with E-state index in [1.54, 1.807) is 37.4 Å². The van der Waals surface area contributed by atoms with Gasteiger partial charge in [0.1, 0.15) is 0 Å². The zero-order valence-electron chi connectivity index (χ0n) is 20.3.